The highest BCUT2D eigenvalue weighted by atomic mass is 16.3. The third-order valence-corrected chi connectivity index (χ3v) is 2.35. The molecule has 0 aliphatic carbocycles. The van der Waals surface area contributed by atoms with Crippen molar-refractivity contribution in [2.75, 3.05) is 19.6 Å². The van der Waals surface area contributed by atoms with E-state index in [-0.39, 0.29) is 0 Å². The van der Waals surface area contributed by atoms with Crippen LogP contribution in [0.15, 0.2) is 0 Å². The van der Waals surface area contributed by atoms with E-state index in [0.717, 1.165) is 19.4 Å². The van der Waals surface area contributed by atoms with E-state index in [1.54, 1.807) is 0 Å². The molecular weight excluding hydrogens is 168 g/mol. The maximum absolute atomic E-state index is 9.23. The molecule has 4 nitrogen and oxygen atoms in total. The highest BCUT2D eigenvalue weighted by Gasteiger charge is 2.28. The van der Waals surface area contributed by atoms with Crippen molar-refractivity contribution in [3.63, 3.8) is 0 Å². The van der Waals surface area contributed by atoms with Crippen LogP contribution in [-0.4, -0.2) is 47.0 Å². The monoisotopic (exact) mass is 184 g/mol. The summed E-state index contributed by atoms with van der Waals surface area (Å²) in [6, 6.07) is 2.09. The Kier molecular flexibility index (Phi) is 4.16. The molecule has 1 rings (SSSR count). The number of rotatable bonds is 4. The first kappa shape index (κ1) is 10.5. The van der Waals surface area contributed by atoms with Crippen molar-refractivity contribution < 1.29 is 10.2 Å². The topological polar surface area (TPSA) is 67.5 Å². The molecule has 13 heavy (non-hydrogen) atoms. The smallest absolute Gasteiger partial charge is 0.0938 e. The molecule has 0 aromatic rings. The summed E-state index contributed by atoms with van der Waals surface area (Å²) < 4.78 is 0. The molecule has 2 N–H and O–H groups in total. The van der Waals surface area contributed by atoms with Crippen LogP contribution in [0.5, 0.6) is 0 Å². The van der Waals surface area contributed by atoms with Crippen LogP contribution < -0.4 is 0 Å². The van der Waals surface area contributed by atoms with Gasteiger partial charge in [0, 0.05) is 19.5 Å². The molecule has 1 fully saturated rings. The fourth-order valence-electron chi connectivity index (χ4n) is 1.57. The molecule has 0 saturated carbocycles. The molecule has 0 radical (unpaired) electrons. The number of hydrogen-bond donors (Lipinski definition) is 2. The van der Waals surface area contributed by atoms with Gasteiger partial charge in [0.05, 0.1) is 18.3 Å². The first-order chi connectivity index (χ1) is 6.24. The largest absolute Gasteiger partial charge is 0.389 e. The fraction of sp³-hybridized carbons (Fsp3) is 0.889. The molecule has 0 bridgehead atoms. The Hall–Kier alpha value is -0.630. The lowest BCUT2D eigenvalue weighted by Gasteiger charge is -2.13. The van der Waals surface area contributed by atoms with Gasteiger partial charge in [0.25, 0.3) is 0 Å². The van der Waals surface area contributed by atoms with Crippen LogP contribution in [0.3, 0.4) is 0 Å². The molecule has 1 aliphatic rings. The number of aliphatic hydroxyl groups is 2. The predicted molar refractivity (Wildman–Crippen MR) is 47.9 cm³/mol. The van der Waals surface area contributed by atoms with Crippen molar-refractivity contribution in [3.05, 3.63) is 0 Å². The van der Waals surface area contributed by atoms with E-state index in [0.29, 0.717) is 19.5 Å². The minimum absolute atomic E-state index is 0.563. The van der Waals surface area contributed by atoms with Crippen LogP contribution in [0.2, 0.25) is 0 Å². The van der Waals surface area contributed by atoms with E-state index in [4.69, 9.17) is 5.26 Å². The van der Waals surface area contributed by atoms with Crippen molar-refractivity contribution in [1.82, 2.24) is 4.90 Å². The number of aliphatic hydroxyl groups excluding tert-OH is 2. The summed E-state index contributed by atoms with van der Waals surface area (Å²) in [5.41, 5.74) is 0. The molecule has 4 heteroatoms. The predicted octanol–water partition coefficient (Wildman–Crippen LogP) is -0.282. The van der Waals surface area contributed by atoms with E-state index in [1.165, 1.54) is 0 Å². The van der Waals surface area contributed by atoms with Crippen molar-refractivity contribution in [3.8, 4) is 6.07 Å². The highest BCUT2D eigenvalue weighted by Crippen LogP contribution is 2.10. The summed E-state index contributed by atoms with van der Waals surface area (Å²) in [6.07, 6.45) is 1.29. The van der Waals surface area contributed by atoms with Crippen molar-refractivity contribution in [1.29, 1.82) is 5.26 Å². The Bertz CT molecular complexity index is 181. The first-order valence-electron chi connectivity index (χ1n) is 4.69. The minimum Gasteiger partial charge on any atom is -0.389 e. The molecule has 2 atom stereocenters. The Morgan fingerprint density at radius 2 is 1.85 bits per heavy atom. The van der Waals surface area contributed by atoms with Crippen molar-refractivity contribution in [2.45, 2.75) is 31.5 Å². The van der Waals surface area contributed by atoms with Crippen LogP contribution >= 0.6 is 0 Å². The molecule has 0 aromatic carbocycles. The summed E-state index contributed by atoms with van der Waals surface area (Å²) in [4.78, 5) is 2.03. The summed E-state index contributed by atoms with van der Waals surface area (Å²) in [5, 5.41) is 26.8. The van der Waals surface area contributed by atoms with Gasteiger partial charge < -0.3 is 10.2 Å². The standard InChI is InChI=1S/C9H16N2O2/c10-4-2-1-3-5-11-6-8(12)9(13)7-11/h8-9,12-13H,1-3,5-7H2/t8-,9+. The summed E-state index contributed by atoms with van der Waals surface area (Å²) in [6.45, 7) is 2.00. The number of β-amino-alcohol motifs (C(OH)–C–C–N with tert-alkyl or cyclic N) is 2. The molecule has 1 heterocycles. The van der Waals surface area contributed by atoms with Crippen LogP contribution in [-0.2, 0) is 0 Å². The minimum atomic E-state index is -0.587. The molecule has 1 saturated heterocycles. The van der Waals surface area contributed by atoms with Gasteiger partial charge in [-0.1, -0.05) is 0 Å². The van der Waals surface area contributed by atoms with Crippen molar-refractivity contribution >= 4 is 0 Å². The first-order valence-corrected chi connectivity index (χ1v) is 4.69. The van der Waals surface area contributed by atoms with Gasteiger partial charge in [0.15, 0.2) is 0 Å². The van der Waals surface area contributed by atoms with E-state index < -0.39 is 12.2 Å². The molecule has 74 valence electrons. The van der Waals surface area contributed by atoms with Gasteiger partial charge in [0.1, 0.15) is 0 Å². The second kappa shape index (κ2) is 5.18. The Labute approximate surface area is 78.4 Å². The van der Waals surface area contributed by atoms with E-state index in [9.17, 15) is 10.2 Å². The maximum Gasteiger partial charge on any atom is 0.0938 e. The molecule has 0 unspecified atom stereocenters. The number of nitriles is 1. The van der Waals surface area contributed by atoms with Gasteiger partial charge in [-0.2, -0.15) is 5.26 Å². The zero-order valence-corrected chi connectivity index (χ0v) is 7.69. The average Bonchev–Trinajstić information content (AvgIpc) is 2.41. The third-order valence-electron chi connectivity index (χ3n) is 2.35. The molecular formula is C9H16N2O2. The Balaban J connectivity index is 2.07. The van der Waals surface area contributed by atoms with Crippen LogP contribution in [0, 0.1) is 11.3 Å². The molecule has 1 aliphatic heterocycles. The average molecular weight is 184 g/mol. The molecule has 0 aromatic heterocycles. The normalized spacial score (nSPS) is 29.0. The van der Waals surface area contributed by atoms with Gasteiger partial charge in [-0.3, -0.25) is 4.90 Å². The number of nitrogens with zero attached hydrogens (tertiary/aromatic N) is 2. The summed E-state index contributed by atoms with van der Waals surface area (Å²) in [7, 11) is 0. The van der Waals surface area contributed by atoms with Gasteiger partial charge in [-0.25, -0.2) is 0 Å². The second-order valence-electron chi connectivity index (χ2n) is 3.51. The SMILES string of the molecule is N#CCCCCN1C[C@@H](O)[C@@H](O)C1. The van der Waals surface area contributed by atoms with E-state index in [1.807, 2.05) is 4.90 Å². The quantitative estimate of drug-likeness (QED) is 0.590. The lowest BCUT2D eigenvalue weighted by atomic mass is 10.2. The lowest BCUT2D eigenvalue weighted by molar-refractivity contribution is 0.0572. The van der Waals surface area contributed by atoms with Crippen LogP contribution in [0.4, 0.5) is 0 Å². The second-order valence-corrected chi connectivity index (χ2v) is 3.51. The van der Waals surface area contributed by atoms with Gasteiger partial charge in [-0.15, -0.1) is 0 Å². The molecule has 0 spiro atoms. The number of likely N-dealkylation sites (tertiary alicyclic amines) is 1. The van der Waals surface area contributed by atoms with Gasteiger partial charge in [-0.05, 0) is 19.4 Å². The van der Waals surface area contributed by atoms with Crippen LogP contribution in [0.1, 0.15) is 19.3 Å². The van der Waals surface area contributed by atoms with E-state index >= 15 is 0 Å². The van der Waals surface area contributed by atoms with Gasteiger partial charge >= 0.3 is 0 Å². The Morgan fingerprint density at radius 3 is 2.38 bits per heavy atom. The zero-order chi connectivity index (χ0) is 9.68. The van der Waals surface area contributed by atoms with E-state index in [2.05, 4.69) is 6.07 Å². The summed E-state index contributed by atoms with van der Waals surface area (Å²) >= 11 is 0. The van der Waals surface area contributed by atoms with Crippen molar-refractivity contribution in [2.24, 2.45) is 0 Å². The lowest BCUT2D eigenvalue weighted by Crippen LogP contribution is -2.23. The third kappa shape index (κ3) is 3.31. The van der Waals surface area contributed by atoms with Crippen LogP contribution in [0.25, 0.3) is 0 Å². The van der Waals surface area contributed by atoms with Gasteiger partial charge in [0.2, 0.25) is 0 Å². The fourth-order valence-corrected chi connectivity index (χ4v) is 1.57. The number of hydrogen-bond acceptors (Lipinski definition) is 4. The molecule has 0 amide bonds. The number of unbranched alkanes of at least 4 members (excludes halogenated alkanes) is 2. The Morgan fingerprint density at radius 1 is 1.23 bits per heavy atom. The highest BCUT2D eigenvalue weighted by molar-refractivity contribution is 4.83. The zero-order valence-electron chi connectivity index (χ0n) is 7.69. The summed E-state index contributed by atoms with van der Waals surface area (Å²) in [5.74, 6) is 0. The maximum atomic E-state index is 9.23.